The fourth-order valence-electron chi connectivity index (χ4n) is 10.1. The summed E-state index contributed by atoms with van der Waals surface area (Å²) >= 11 is 0. The van der Waals surface area contributed by atoms with Gasteiger partial charge in [0.15, 0.2) is 12.2 Å². The molecule has 17 nitrogen and oxygen atoms in total. The summed E-state index contributed by atoms with van der Waals surface area (Å²) in [6.07, 6.45) is 92.0. The summed E-state index contributed by atoms with van der Waals surface area (Å²) in [5.74, 6) is -2.35. The van der Waals surface area contributed by atoms with Crippen molar-refractivity contribution in [3.63, 3.8) is 0 Å². The molecule has 0 amide bonds. The Labute approximate surface area is 642 Å². The highest BCUT2D eigenvalue weighted by molar-refractivity contribution is 7.47. The number of hydrogen-bond acceptors (Lipinski definition) is 15. The second-order valence-electron chi connectivity index (χ2n) is 26.2. The number of carbonyl (C=O) groups excluding carboxylic acids is 4. The SMILES string of the molecule is CC/C=C\C/C=C\C/C=C\C/C=C\C/C=C\CCCC(=O)OCC(COP(=O)(O)OCC(O)COP(=O)(O)OCC(COC(=O)CCCCCCCC/C=C\C/C=C\C/C=C\CCCCC)OC(=O)CCCCCCC/C=C\CCCCCC)OC(=O)CCC/C=C\C/C=C\C/C=C\C/C=C\C/C=C\CC. The number of hydrogen-bond donors (Lipinski definition) is 3. The molecule has 0 saturated carbocycles. The number of aliphatic hydroxyl groups is 1. The Kier molecular flexibility index (Phi) is 73.5. The lowest BCUT2D eigenvalue weighted by atomic mass is 10.1. The highest BCUT2D eigenvalue weighted by Crippen LogP contribution is 2.45. The molecule has 0 bridgehead atoms. The Hall–Kier alpha value is -5.58. The molecule has 5 atom stereocenters. The van der Waals surface area contributed by atoms with Crippen LogP contribution < -0.4 is 0 Å². The van der Waals surface area contributed by atoms with Crippen molar-refractivity contribution >= 4 is 39.5 Å². The zero-order valence-corrected chi connectivity index (χ0v) is 67.6. The second kappa shape index (κ2) is 77.6. The number of rotatable bonds is 74. The normalized spacial score (nSPS) is 14.7. The van der Waals surface area contributed by atoms with E-state index in [1.54, 1.807) is 0 Å². The summed E-state index contributed by atoms with van der Waals surface area (Å²) in [6, 6.07) is 0. The summed E-state index contributed by atoms with van der Waals surface area (Å²) in [5.41, 5.74) is 0. The highest BCUT2D eigenvalue weighted by atomic mass is 31.2. The molecule has 0 radical (unpaired) electrons. The van der Waals surface area contributed by atoms with Crippen LogP contribution in [0.15, 0.2) is 170 Å². The van der Waals surface area contributed by atoms with Crippen LogP contribution in [-0.4, -0.2) is 96.7 Å². The van der Waals surface area contributed by atoms with Crippen LogP contribution in [0.4, 0.5) is 0 Å². The van der Waals surface area contributed by atoms with Crippen molar-refractivity contribution in [1.29, 1.82) is 0 Å². The van der Waals surface area contributed by atoms with Crippen molar-refractivity contribution < 1.29 is 80.2 Å². The number of phosphoric acid groups is 2. The zero-order valence-electron chi connectivity index (χ0n) is 65.8. The Balaban J connectivity index is 5.48. The highest BCUT2D eigenvalue weighted by Gasteiger charge is 2.30. The third kappa shape index (κ3) is 76.6. The molecule has 19 heteroatoms. The van der Waals surface area contributed by atoms with Gasteiger partial charge >= 0.3 is 39.5 Å². The van der Waals surface area contributed by atoms with Gasteiger partial charge in [0.25, 0.3) is 0 Å². The lowest BCUT2D eigenvalue weighted by Crippen LogP contribution is -2.30. The first kappa shape index (κ1) is 100. The van der Waals surface area contributed by atoms with Gasteiger partial charge in [-0.15, -0.1) is 0 Å². The number of allylic oxidation sites excluding steroid dienone is 28. The van der Waals surface area contributed by atoms with Crippen LogP contribution in [0.5, 0.6) is 0 Å². The number of esters is 4. The van der Waals surface area contributed by atoms with E-state index in [2.05, 4.69) is 174 Å². The average molecular weight is 1520 g/mol. The maximum absolute atomic E-state index is 13.1. The predicted molar refractivity (Wildman–Crippen MR) is 436 cm³/mol. The van der Waals surface area contributed by atoms with E-state index in [1.165, 1.54) is 44.9 Å². The minimum Gasteiger partial charge on any atom is -0.462 e. The maximum atomic E-state index is 13.1. The molecule has 0 saturated heterocycles. The van der Waals surface area contributed by atoms with Gasteiger partial charge in [-0.25, -0.2) is 9.13 Å². The van der Waals surface area contributed by atoms with Crippen LogP contribution in [0.2, 0.25) is 0 Å². The Bertz CT molecular complexity index is 2680. The largest absolute Gasteiger partial charge is 0.472 e. The van der Waals surface area contributed by atoms with Gasteiger partial charge in [-0.1, -0.05) is 275 Å². The molecular formula is C87H142O17P2. The maximum Gasteiger partial charge on any atom is 0.472 e. The molecule has 5 unspecified atom stereocenters. The fraction of sp³-hybridized carbons (Fsp3) is 0.632. The molecule has 3 N–H and O–H groups in total. The lowest BCUT2D eigenvalue weighted by molar-refractivity contribution is -0.161. The molecule has 0 aliphatic heterocycles. The molecule has 0 aromatic heterocycles. The van der Waals surface area contributed by atoms with Gasteiger partial charge < -0.3 is 33.8 Å². The zero-order chi connectivity index (χ0) is 77.4. The Morgan fingerprint density at radius 3 is 0.830 bits per heavy atom. The molecule has 0 heterocycles. The van der Waals surface area contributed by atoms with E-state index in [1.807, 2.05) is 24.3 Å². The fourth-order valence-corrected chi connectivity index (χ4v) is 11.6. The summed E-state index contributed by atoms with van der Waals surface area (Å²) in [4.78, 5) is 73.0. The van der Waals surface area contributed by atoms with Crippen molar-refractivity contribution in [3.05, 3.63) is 170 Å². The smallest absolute Gasteiger partial charge is 0.462 e. The summed E-state index contributed by atoms with van der Waals surface area (Å²) in [6.45, 7) is 4.44. The summed E-state index contributed by atoms with van der Waals surface area (Å²) in [5, 5.41) is 10.6. The molecule has 0 aromatic carbocycles. The molecule has 0 aromatic rings. The van der Waals surface area contributed by atoms with Crippen LogP contribution in [0, 0.1) is 0 Å². The topological polar surface area (TPSA) is 237 Å². The second-order valence-corrected chi connectivity index (χ2v) is 29.1. The number of phosphoric ester groups is 2. The van der Waals surface area contributed by atoms with Crippen LogP contribution in [-0.2, 0) is 65.4 Å². The molecule has 0 aliphatic rings. The van der Waals surface area contributed by atoms with E-state index in [-0.39, 0.29) is 25.7 Å². The summed E-state index contributed by atoms with van der Waals surface area (Å²) in [7, 11) is -10.0. The van der Waals surface area contributed by atoms with Gasteiger partial charge in [0.05, 0.1) is 26.4 Å². The lowest BCUT2D eigenvalue weighted by Gasteiger charge is -2.21. The average Bonchev–Trinajstić information content (AvgIpc) is 0.902. The molecule has 0 spiro atoms. The van der Waals surface area contributed by atoms with E-state index < -0.39 is 97.5 Å². The molecular weight excluding hydrogens is 1380 g/mol. The predicted octanol–water partition coefficient (Wildman–Crippen LogP) is 23.8. The van der Waals surface area contributed by atoms with Gasteiger partial charge in [-0.3, -0.25) is 37.3 Å². The number of aliphatic hydroxyl groups excluding tert-OH is 1. The van der Waals surface area contributed by atoms with Gasteiger partial charge in [-0.2, -0.15) is 0 Å². The van der Waals surface area contributed by atoms with Crippen molar-refractivity contribution in [2.24, 2.45) is 0 Å². The van der Waals surface area contributed by atoms with Crippen molar-refractivity contribution in [1.82, 2.24) is 0 Å². The van der Waals surface area contributed by atoms with E-state index in [4.69, 9.17) is 37.0 Å². The van der Waals surface area contributed by atoms with E-state index in [0.29, 0.717) is 38.5 Å². The Morgan fingerprint density at radius 2 is 0.500 bits per heavy atom. The van der Waals surface area contributed by atoms with Crippen molar-refractivity contribution in [3.8, 4) is 0 Å². The summed E-state index contributed by atoms with van der Waals surface area (Å²) < 4.78 is 68.5. The molecule has 0 aliphatic carbocycles. The minimum absolute atomic E-state index is 0.00214. The minimum atomic E-state index is -5.01. The van der Waals surface area contributed by atoms with E-state index in [0.717, 1.165) is 161 Å². The van der Waals surface area contributed by atoms with Gasteiger partial charge in [-0.05, 0) is 167 Å². The van der Waals surface area contributed by atoms with Gasteiger partial charge in [0, 0.05) is 25.7 Å². The monoisotopic (exact) mass is 1520 g/mol. The van der Waals surface area contributed by atoms with Crippen molar-refractivity contribution in [2.75, 3.05) is 39.6 Å². The number of carbonyl (C=O) groups is 4. The third-order valence-electron chi connectivity index (χ3n) is 16.1. The van der Waals surface area contributed by atoms with Gasteiger partial charge in [0.1, 0.15) is 19.3 Å². The third-order valence-corrected chi connectivity index (χ3v) is 18.0. The van der Waals surface area contributed by atoms with Crippen LogP contribution in [0.1, 0.15) is 297 Å². The van der Waals surface area contributed by atoms with E-state index in [9.17, 15) is 43.2 Å². The van der Waals surface area contributed by atoms with Crippen LogP contribution in [0.3, 0.4) is 0 Å². The number of unbranched alkanes of at least 4 members (excludes halogenated alkanes) is 20. The quantitative estimate of drug-likeness (QED) is 0.0169. The van der Waals surface area contributed by atoms with Crippen molar-refractivity contribution in [2.45, 2.75) is 316 Å². The Morgan fingerprint density at radius 1 is 0.274 bits per heavy atom. The standard InChI is InChI=1S/C87H142O17P2/c1-5-9-13-17-21-25-29-33-36-39-40-43-45-49-52-56-60-64-68-72-85(90)97-77-82(103-86(91)73-69-65-61-57-53-47-32-28-24-20-16-12-8-4)79-101-105(93,94)99-75-81(88)76-100-106(95,96)102-80-83(104-87(92)74-70-66-62-58-54-50-46-42-38-35-31-27-23-19-15-11-7-3)78-98-84(89)71-67-63-59-55-51-48-44-41-37-34-30-26-22-18-14-10-6-2/h10-11,14-15,21-23,25-28,32-38,40,43-44,46,48,50,55,58-59,62,81-83,88H,5-9,12-13,16-20,24,29-31,39,41-42,45,47,49,51-54,56-57,60-61,63-80H2,1-4H3,(H,93,94)(H,95,96)/b14-10-,15-11-,25-21-,26-22-,27-23-,32-28-,36-33-,37-34-,38-35-,43-40-,48-44-,50-46-,59-55-,62-58-. The first-order chi connectivity index (χ1) is 51.7. The first-order valence-electron chi connectivity index (χ1n) is 40.4. The van der Waals surface area contributed by atoms with Gasteiger partial charge in [0.2, 0.25) is 0 Å². The van der Waals surface area contributed by atoms with Crippen LogP contribution >= 0.6 is 15.6 Å². The van der Waals surface area contributed by atoms with E-state index >= 15 is 0 Å². The molecule has 106 heavy (non-hydrogen) atoms. The first-order valence-corrected chi connectivity index (χ1v) is 43.4. The number of ether oxygens (including phenoxy) is 4. The molecule has 602 valence electrons. The van der Waals surface area contributed by atoms with Crippen LogP contribution in [0.25, 0.3) is 0 Å². The molecule has 0 fully saturated rings. The molecule has 0 rings (SSSR count).